The molecule has 0 spiro atoms. The van der Waals surface area contributed by atoms with Gasteiger partial charge in [0, 0.05) is 19.3 Å². The van der Waals surface area contributed by atoms with Crippen LogP contribution in [0.5, 0.6) is 0 Å². The Kier molecular flexibility index (Phi) is 4.44. The molecule has 1 aliphatic rings. The van der Waals surface area contributed by atoms with E-state index >= 15 is 0 Å². The van der Waals surface area contributed by atoms with Gasteiger partial charge in [0.2, 0.25) is 0 Å². The van der Waals surface area contributed by atoms with Gasteiger partial charge in [-0.1, -0.05) is 13.0 Å². The topological polar surface area (TPSA) is 89.8 Å². The average Bonchev–Trinajstić information content (AvgIpc) is 2.45. The Hall–Kier alpha value is -1.67. The quantitative estimate of drug-likeness (QED) is 0.620. The molecular formula is C14H20N2O5S. The van der Waals surface area contributed by atoms with Crippen molar-refractivity contribution in [3.63, 3.8) is 0 Å². The fraction of sp³-hybridized carbons (Fsp3) is 0.571. The van der Waals surface area contributed by atoms with Crippen molar-refractivity contribution in [2.24, 2.45) is 0 Å². The van der Waals surface area contributed by atoms with Crippen molar-refractivity contribution in [2.45, 2.75) is 30.8 Å². The fourth-order valence-corrected chi connectivity index (χ4v) is 3.45. The summed E-state index contributed by atoms with van der Waals surface area (Å²) in [5.74, 6) is 0. The summed E-state index contributed by atoms with van der Waals surface area (Å²) < 4.78 is 29.4. The number of benzene rings is 1. The summed E-state index contributed by atoms with van der Waals surface area (Å²) in [5.41, 5.74) is -0.422. The van der Waals surface area contributed by atoms with Crippen LogP contribution in [0.4, 0.5) is 11.4 Å². The first-order chi connectivity index (χ1) is 10.2. The molecule has 0 amide bonds. The van der Waals surface area contributed by atoms with Crippen LogP contribution in [0, 0.1) is 10.1 Å². The predicted molar refractivity (Wildman–Crippen MR) is 83.1 cm³/mol. The second-order valence-electron chi connectivity index (χ2n) is 5.73. The highest BCUT2D eigenvalue weighted by atomic mass is 32.2. The molecule has 1 aromatic rings. The van der Waals surface area contributed by atoms with Gasteiger partial charge in [0.05, 0.1) is 17.1 Å². The van der Waals surface area contributed by atoms with Crippen LogP contribution in [0.15, 0.2) is 23.1 Å². The molecule has 0 aromatic heterocycles. The molecule has 0 bridgehead atoms. The third kappa shape index (κ3) is 3.22. The largest absolute Gasteiger partial charge is 0.372 e. The van der Waals surface area contributed by atoms with E-state index in [1.807, 2.05) is 18.7 Å². The van der Waals surface area contributed by atoms with Gasteiger partial charge in [0.15, 0.2) is 9.84 Å². The molecule has 1 saturated heterocycles. The van der Waals surface area contributed by atoms with E-state index < -0.39 is 20.4 Å². The molecule has 7 nitrogen and oxygen atoms in total. The smallest absolute Gasteiger partial charge is 0.311 e. The van der Waals surface area contributed by atoms with Crippen molar-refractivity contribution in [3.05, 3.63) is 28.3 Å². The van der Waals surface area contributed by atoms with Crippen LogP contribution in [-0.2, 0) is 14.6 Å². The van der Waals surface area contributed by atoms with Crippen LogP contribution >= 0.6 is 0 Å². The summed E-state index contributed by atoms with van der Waals surface area (Å²) in [6, 6.07) is 4.40. The molecule has 0 N–H and O–H groups in total. The number of rotatable bonds is 4. The monoisotopic (exact) mass is 328 g/mol. The van der Waals surface area contributed by atoms with E-state index in [9.17, 15) is 18.5 Å². The van der Waals surface area contributed by atoms with Gasteiger partial charge in [-0.05, 0) is 25.5 Å². The Balaban J connectivity index is 2.54. The Morgan fingerprint density at radius 1 is 1.45 bits per heavy atom. The number of hydrogen-bond donors (Lipinski definition) is 0. The van der Waals surface area contributed by atoms with E-state index in [-0.39, 0.29) is 10.6 Å². The Morgan fingerprint density at radius 2 is 2.14 bits per heavy atom. The third-order valence-corrected chi connectivity index (χ3v) is 5.11. The van der Waals surface area contributed by atoms with Crippen molar-refractivity contribution in [1.29, 1.82) is 0 Å². The van der Waals surface area contributed by atoms with Crippen molar-refractivity contribution in [3.8, 4) is 0 Å². The zero-order valence-electron chi connectivity index (χ0n) is 12.9. The number of ether oxygens (including phenoxy) is 1. The molecule has 1 heterocycles. The Morgan fingerprint density at radius 3 is 2.68 bits per heavy atom. The molecule has 1 unspecified atom stereocenters. The lowest BCUT2D eigenvalue weighted by Crippen LogP contribution is -2.50. The van der Waals surface area contributed by atoms with Crippen LogP contribution < -0.4 is 4.90 Å². The normalized spacial score (nSPS) is 22.6. The van der Waals surface area contributed by atoms with Gasteiger partial charge in [0.25, 0.3) is 0 Å². The van der Waals surface area contributed by atoms with Gasteiger partial charge in [0.1, 0.15) is 10.6 Å². The van der Waals surface area contributed by atoms with Gasteiger partial charge in [-0.2, -0.15) is 0 Å². The predicted octanol–water partition coefficient (Wildman–Crippen LogP) is 2.00. The highest BCUT2D eigenvalue weighted by molar-refractivity contribution is 7.90. The summed E-state index contributed by atoms with van der Waals surface area (Å²) >= 11 is 0. The van der Waals surface area contributed by atoms with Gasteiger partial charge in [-0.15, -0.1) is 0 Å². The zero-order valence-corrected chi connectivity index (χ0v) is 13.7. The molecule has 0 radical (unpaired) electrons. The molecule has 8 heteroatoms. The Labute approximate surface area is 129 Å². The minimum absolute atomic E-state index is 0.250. The number of para-hydroxylation sites is 1. The maximum absolute atomic E-state index is 11.8. The van der Waals surface area contributed by atoms with Crippen LogP contribution in [0.25, 0.3) is 0 Å². The van der Waals surface area contributed by atoms with E-state index in [4.69, 9.17) is 4.74 Å². The molecule has 0 saturated carbocycles. The van der Waals surface area contributed by atoms with E-state index in [1.165, 1.54) is 12.1 Å². The maximum Gasteiger partial charge on any atom is 0.311 e. The highest BCUT2D eigenvalue weighted by Crippen LogP contribution is 2.36. The lowest BCUT2D eigenvalue weighted by Gasteiger charge is -2.41. The van der Waals surface area contributed by atoms with Crippen molar-refractivity contribution >= 4 is 21.2 Å². The van der Waals surface area contributed by atoms with Crippen LogP contribution in [0.1, 0.15) is 20.3 Å². The number of hydrogen-bond acceptors (Lipinski definition) is 6. The SMILES string of the molecule is CCC1(C)CN(c2cccc(S(C)(=O)=O)c2[N+](=O)[O-])CCO1. The van der Waals surface area contributed by atoms with Gasteiger partial charge in [-0.3, -0.25) is 10.1 Å². The summed E-state index contributed by atoms with van der Waals surface area (Å²) in [6.07, 6.45) is 1.75. The number of sulfone groups is 1. The highest BCUT2D eigenvalue weighted by Gasteiger charge is 2.35. The molecule has 122 valence electrons. The lowest BCUT2D eigenvalue weighted by molar-refractivity contribution is -0.387. The van der Waals surface area contributed by atoms with Gasteiger partial charge >= 0.3 is 5.69 Å². The number of nitrogens with zero attached hydrogens (tertiary/aromatic N) is 2. The fourth-order valence-electron chi connectivity index (χ4n) is 2.60. The number of nitro benzene ring substituents is 1. The van der Waals surface area contributed by atoms with E-state index in [0.717, 1.165) is 12.7 Å². The standard InChI is InChI=1S/C14H20N2O5S/c1-4-14(2)10-15(8-9-21-14)11-6-5-7-12(22(3,19)20)13(11)16(17)18/h5-7H,4,8-10H2,1-3H3. The first-order valence-corrected chi connectivity index (χ1v) is 8.93. The summed E-state index contributed by atoms with van der Waals surface area (Å²) in [6.45, 7) is 5.36. The van der Waals surface area contributed by atoms with E-state index in [2.05, 4.69) is 0 Å². The van der Waals surface area contributed by atoms with Crippen LogP contribution in [-0.4, -0.2) is 44.9 Å². The number of morpholine rings is 1. The van der Waals surface area contributed by atoms with Crippen molar-refractivity contribution in [2.75, 3.05) is 30.9 Å². The molecule has 0 aliphatic carbocycles. The second-order valence-corrected chi connectivity index (χ2v) is 7.71. The van der Waals surface area contributed by atoms with E-state index in [0.29, 0.717) is 25.4 Å². The summed E-state index contributed by atoms with van der Waals surface area (Å²) in [4.78, 5) is 12.4. The molecule has 22 heavy (non-hydrogen) atoms. The second kappa shape index (κ2) is 5.85. The molecule has 2 rings (SSSR count). The summed E-state index contributed by atoms with van der Waals surface area (Å²) in [5, 5.41) is 11.4. The van der Waals surface area contributed by atoms with Crippen LogP contribution in [0.3, 0.4) is 0 Å². The lowest BCUT2D eigenvalue weighted by atomic mass is 10.0. The van der Waals surface area contributed by atoms with E-state index in [1.54, 1.807) is 6.07 Å². The first kappa shape index (κ1) is 16.7. The molecular weight excluding hydrogens is 308 g/mol. The van der Waals surface area contributed by atoms with Crippen LogP contribution in [0.2, 0.25) is 0 Å². The number of nitro groups is 1. The Bertz CT molecular complexity index is 688. The minimum Gasteiger partial charge on any atom is -0.372 e. The first-order valence-electron chi connectivity index (χ1n) is 7.04. The third-order valence-electron chi connectivity index (χ3n) is 3.99. The van der Waals surface area contributed by atoms with Crippen molar-refractivity contribution in [1.82, 2.24) is 0 Å². The van der Waals surface area contributed by atoms with Gasteiger partial charge in [-0.25, -0.2) is 8.42 Å². The minimum atomic E-state index is -3.67. The maximum atomic E-state index is 11.8. The summed E-state index contributed by atoms with van der Waals surface area (Å²) in [7, 11) is -3.67. The number of anilines is 1. The zero-order chi connectivity index (χ0) is 16.5. The molecule has 1 fully saturated rings. The molecule has 1 aliphatic heterocycles. The van der Waals surface area contributed by atoms with Crippen molar-refractivity contribution < 1.29 is 18.1 Å². The molecule has 1 atom stereocenters. The molecule has 1 aromatic carbocycles. The van der Waals surface area contributed by atoms with Gasteiger partial charge < -0.3 is 9.64 Å². The average molecular weight is 328 g/mol.